The highest BCUT2D eigenvalue weighted by Crippen LogP contribution is 2.40. The Bertz CT molecular complexity index is 671. The molecule has 2 aromatic rings. The van der Waals surface area contributed by atoms with Crippen LogP contribution in [0, 0.1) is 0 Å². The monoisotopic (exact) mass is 331 g/mol. The van der Waals surface area contributed by atoms with Crippen LogP contribution in [-0.2, 0) is 10.5 Å². The van der Waals surface area contributed by atoms with Gasteiger partial charge in [0.05, 0.1) is 11.3 Å². The smallest absolute Gasteiger partial charge is 0.342 e. The Morgan fingerprint density at radius 2 is 1.85 bits per heavy atom. The van der Waals surface area contributed by atoms with Crippen LogP contribution in [0.15, 0.2) is 53.0 Å². The second kappa shape index (κ2) is 4.63. The Morgan fingerprint density at radius 3 is 2.55 bits per heavy atom. The van der Waals surface area contributed by atoms with E-state index in [1.54, 1.807) is 6.07 Å². The molecule has 0 N–H and O–H groups in total. The molecule has 3 nitrogen and oxygen atoms in total. The molecule has 0 aromatic heterocycles. The minimum atomic E-state index is -0.799. The molecular weight excluding hydrogens is 318 g/mol. The lowest BCUT2D eigenvalue weighted by Crippen LogP contribution is -2.49. The minimum Gasteiger partial charge on any atom is -0.431 e. The second-order valence-corrected chi connectivity index (χ2v) is 5.87. The van der Waals surface area contributed by atoms with E-state index in [2.05, 4.69) is 15.9 Å². The van der Waals surface area contributed by atoms with E-state index in [-0.39, 0.29) is 5.97 Å². The van der Waals surface area contributed by atoms with Crippen molar-refractivity contribution < 1.29 is 9.53 Å². The van der Waals surface area contributed by atoms with Gasteiger partial charge in [-0.3, -0.25) is 0 Å². The quantitative estimate of drug-likeness (QED) is 0.741. The average Bonchev–Trinajstić information content (AvgIpc) is 2.46. The van der Waals surface area contributed by atoms with Gasteiger partial charge in [-0.1, -0.05) is 46.3 Å². The van der Waals surface area contributed by atoms with E-state index in [4.69, 9.17) is 4.74 Å². The Balaban J connectivity index is 2.16. The SMILES string of the molecule is CN1c2cc(Br)ccc2C(=O)O[C@]1(C)c1ccccc1. The van der Waals surface area contributed by atoms with E-state index in [1.165, 1.54) is 0 Å². The highest BCUT2D eigenvalue weighted by Gasteiger charge is 2.42. The number of ether oxygens (including phenoxy) is 1. The topological polar surface area (TPSA) is 29.5 Å². The van der Waals surface area contributed by atoms with Gasteiger partial charge >= 0.3 is 5.97 Å². The summed E-state index contributed by atoms with van der Waals surface area (Å²) in [6, 6.07) is 15.3. The summed E-state index contributed by atoms with van der Waals surface area (Å²) < 4.78 is 6.65. The number of anilines is 1. The number of halogens is 1. The molecular formula is C16H14BrNO2. The number of hydrogen-bond donors (Lipinski definition) is 0. The molecule has 102 valence electrons. The Labute approximate surface area is 126 Å². The van der Waals surface area contributed by atoms with Crippen molar-refractivity contribution in [3.8, 4) is 0 Å². The molecule has 4 heteroatoms. The van der Waals surface area contributed by atoms with Crippen LogP contribution in [0.25, 0.3) is 0 Å². The van der Waals surface area contributed by atoms with Crippen LogP contribution >= 0.6 is 15.9 Å². The summed E-state index contributed by atoms with van der Waals surface area (Å²) in [7, 11) is 1.94. The van der Waals surface area contributed by atoms with E-state index in [1.807, 2.05) is 61.3 Å². The van der Waals surface area contributed by atoms with Gasteiger partial charge in [-0.2, -0.15) is 0 Å². The van der Waals surface area contributed by atoms with E-state index in [0.717, 1.165) is 15.7 Å². The van der Waals surface area contributed by atoms with Crippen molar-refractivity contribution in [2.75, 3.05) is 11.9 Å². The molecule has 1 heterocycles. The standard InChI is InChI=1S/C16H14BrNO2/c1-16(11-6-4-3-5-7-11)18(2)14-10-12(17)8-9-13(14)15(19)20-16/h3-10H,1-2H3/t16-/m1/s1. The molecule has 0 unspecified atom stereocenters. The first-order chi connectivity index (χ1) is 9.52. The fourth-order valence-electron chi connectivity index (χ4n) is 2.49. The molecule has 0 fully saturated rings. The number of carbonyl (C=O) groups is 1. The van der Waals surface area contributed by atoms with Crippen molar-refractivity contribution in [3.05, 3.63) is 64.1 Å². The average molecular weight is 332 g/mol. The number of nitrogens with zero attached hydrogens (tertiary/aromatic N) is 1. The number of esters is 1. The molecule has 20 heavy (non-hydrogen) atoms. The Kier molecular flexibility index (Phi) is 3.05. The third kappa shape index (κ3) is 1.91. The van der Waals surface area contributed by atoms with E-state index in [9.17, 15) is 4.79 Å². The van der Waals surface area contributed by atoms with E-state index < -0.39 is 5.72 Å². The lowest BCUT2D eigenvalue weighted by Gasteiger charge is -2.43. The number of rotatable bonds is 1. The molecule has 0 radical (unpaired) electrons. The van der Waals surface area contributed by atoms with Gasteiger partial charge in [-0.15, -0.1) is 0 Å². The number of carbonyl (C=O) groups excluding carboxylic acids is 1. The van der Waals surface area contributed by atoms with Gasteiger partial charge in [0.2, 0.25) is 5.72 Å². The van der Waals surface area contributed by atoms with Crippen molar-refractivity contribution in [2.45, 2.75) is 12.6 Å². The number of benzene rings is 2. The lowest BCUT2D eigenvalue weighted by atomic mass is 9.98. The maximum absolute atomic E-state index is 12.3. The van der Waals surface area contributed by atoms with Gasteiger partial charge in [-0.05, 0) is 25.1 Å². The van der Waals surface area contributed by atoms with Crippen LogP contribution in [0.3, 0.4) is 0 Å². The Hall–Kier alpha value is -1.81. The molecule has 0 saturated carbocycles. The second-order valence-electron chi connectivity index (χ2n) is 4.96. The van der Waals surface area contributed by atoms with E-state index >= 15 is 0 Å². The van der Waals surface area contributed by atoms with Crippen molar-refractivity contribution in [1.82, 2.24) is 0 Å². The number of cyclic esters (lactones) is 1. The molecule has 1 aliphatic heterocycles. The lowest BCUT2D eigenvalue weighted by molar-refractivity contribution is -0.0165. The first-order valence-corrected chi connectivity index (χ1v) is 7.14. The summed E-state index contributed by atoms with van der Waals surface area (Å²) in [5.41, 5.74) is 1.60. The summed E-state index contributed by atoms with van der Waals surface area (Å²) in [6.45, 7) is 1.91. The van der Waals surface area contributed by atoms with Crippen LogP contribution in [-0.4, -0.2) is 13.0 Å². The van der Waals surface area contributed by atoms with Crippen molar-refractivity contribution >= 4 is 27.6 Å². The fourth-order valence-corrected chi connectivity index (χ4v) is 2.84. The minimum absolute atomic E-state index is 0.294. The van der Waals surface area contributed by atoms with Gasteiger partial charge < -0.3 is 9.64 Å². The van der Waals surface area contributed by atoms with Crippen LogP contribution in [0.5, 0.6) is 0 Å². The zero-order valence-corrected chi connectivity index (χ0v) is 12.8. The highest BCUT2D eigenvalue weighted by atomic mass is 79.9. The Morgan fingerprint density at radius 1 is 1.15 bits per heavy atom. The van der Waals surface area contributed by atoms with Gasteiger partial charge in [0.1, 0.15) is 0 Å². The summed E-state index contributed by atoms with van der Waals surface area (Å²) in [4.78, 5) is 14.3. The molecule has 3 rings (SSSR count). The van der Waals surface area contributed by atoms with Crippen molar-refractivity contribution in [2.24, 2.45) is 0 Å². The molecule has 2 aromatic carbocycles. The third-order valence-electron chi connectivity index (χ3n) is 3.78. The van der Waals surface area contributed by atoms with E-state index in [0.29, 0.717) is 5.56 Å². The van der Waals surface area contributed by atoms with Crippen molar-refractivity contribution in [3.63, 3.8) is 0 Å². The predicted octanol–water partition coefficient (Wildman–Crippen LogP) is 3.93. The van der Waals surface area contributed by atoms with Gasteiger partial charge in [0, 0.05) is 17.1 Å². The maximum Gasteiger partial charge on any atom is 0.342 e. The summed E-state index contributed by atoms with van der Waals surface area (Å²) >= 11 is 3.45. The maximum atomic E-state index is 12.3. The van der Waals surface area contributed by atoms with Crippen LogP contribution < -0.4 is 4.90 Å². The number of hydrogen-bond acceptors (Lipinski definition) is 3. The first-order valence-electron chi connectivity index (χ1n) is 6.34. The predicted molar refractivity (Wildman–Crippen MR) is 81.8 cm³/mol. The van der Waals surface area contributed by atoms with Crippen LogP contribution in [0.1, 0.15) is 22.8 Å². The van der Waals surface area contributed by atoms with Gasteiger partial charge in [0.15, 0.2) is 0 Å². The molecule has 1 atom stereocenters. The fraction of sp³-hybridized carbons (Fsp3) is 0.188. The molecule has 0 spiro atoms. The van der Waals surface area contributed by atoms with Crippen molar-refractivity contribution in [1.29, 1.82) is 0 Å². The normalized spacial score (nSPS) is 21.4. The van der Waals surface area contributed by atoms with Gasteiger partial charge in [-0.25, -0.2) is 4.79 Å². The number of fused-ring (bicyclic) bond motifs is 1. The van der Waals surface area contributed by atoms with Crippen LogP contribution in [0.2, 0.25) is 0 Å². The van der Waals surface area contributed by atoms with Crippen LogP contribution in [0.4, 0.5) is 5.69 Å². The third-order valence-corrected chi connectivity index (χ3v) is 4.28. The zero-order chi connectivity index (χ0) is 14.3. The summed E-state index contributed by atoms with van der Waals surface area (Å²) in [6.07, 6.45) is 0. The molecule has 0 aliphatic carbocycles. The highest BCUT2D eigenvalue weighted by molar-refractivity contribution is 9.10. The summed E-state index contributed by atoms with van der Waals surface area (Å²) in [5.74, 6) is -0.294. The molecule has 1 aliphatic rings. The zero-order valence-electron chi connectivity index (χ0n) is 11.3. The molecule has 0 amide bonds. The largest absolute Gasteiger partial charge is 0.431 e. The molecule has 0 saturated heterocycles. The summed E-state index contributed by atoms with van der Waals surface area (Å²) in [5, 5.41) is 0. The van der Waals surface area contributed by atoms with Gasteiger partial charge in [0.25, 0.3) is 0 Å². The first kappa shape index (κ1) is 13.2. The molecule has 0 bridgehead atoms.